The minimum atomic E-state index is -0.302. The van der Waals surface area contributed by atoms with Crippen LogP contribution in [-0.2, 0) is 0 Å². The van der Waals surface area contributed by atoms with Crippen molar-refractivity contribution in [3.63, 3.8) is 0 Å². The number of halogens is 2. The Balaban J connectivity index is 2.28. The van der Waals surface area contributed by atoms with Gasteiger partial charge in [-0.05, 0) is 53.2 Å². The Kier molecular flexibility index (Phi) is 5.09. The Labute approximate surface area is 136 Å². The van der Waals surface area contributed by atoms with Crippen LogP contribution in [0.1, 0.15) is 17.3 Å². The van der Waals surface area contributed by atoms with Crippen LogP contribution in [0.2, 0.25) is 5.02 Å². The van der Waals surface area contributed by atoms with Gasteiger partial charge in [0.25, 0.3) is 5.91 Å². The van der Waals surface area contributed by atoms with Crippen molar-refractivity contribution in [3.8, 4) is 5.75 Å². The van der Waals surface area contributed by atoms with Crippen LogP contribution in [0.4, 0.5) is 11.4 Å². The molecule has 0 saturated heterocycles. The van der Waals surface area contributed by atoms with E-state index >= 15 is 0 Å². The molecule has 4 nitrogen and oxygen atoms in total. The first-order chi connectivity index (χ1) is 10.0. The zero-order valence-corrected chi connectivity index (χ0v) is 13.7. The molecule has 0 spiro atoms. The second-order valence-corrected chi connectivity index (χ2v) is 5.50. The van der Waals surface area contributed by atoms with E-state index in [4.69, 9.17) is 22.1 Å². The molecule has 2 aromatic carbocycles. The lowest BCUT2D eigenvalue weighted by Gasteiger charge is -2.13. The molecule has 0 aromatic heterocycles. The lowest BCUT2D eigenvalue weighted by molar-refractivity contribution is 0.102. The molecule has 0 aliphatic rings. The average Bonchev–Trinajstić information content (AvgIpc) is 2.45. The molecule has 110 valence electrons. The molecular formula is C15H14BrClN2O2. The van der Waals surface area contributed by atoms with Crippen LogP contribution in [0.3, 0.4) is 0 Å². The minimum absolute atomic E-state index is 0.302. The number of amides is 1. The predicted octanol–water partition coefficient (Wildman–Crippen LogP) is 4.34. The smallest absolute Gasteiger partial charge is 0.259 e. The summed E-state index contributed by atoms with van der Waals surface area (Å²) in [4.78, 5) is 12.4. The van der Waals surface area contributed by atoms with Crippen molar-refractivity contribution in [2.75, 3.05) is 17.7 Å². The number of rotatable bonds is 4. The molecule has 0 aliphatic heterocycles. The highest BCUT2D eigenvalue weighted by atomic mass is 79.9. The molecular weight excluding hydrogens is 356 g/mol. The highest BCUT2D eigenvalue weighted by molar-refractivity contribution is 9.10. The summed E-state index contributed by atoms with van der Waals surface area (Å²) in [7, 11) is 0. The second-order valence-electron chi connectivity index (χ2n) is 4.24. The SMILES string of the molecule is CCOc1c(N)cccc1C(=O)Nc1ccc(Br)c(Cl)c1. The van der Waals surface area contributed by atoms with E-state index in [1.807, 2.05) is 6.92 Å². The van der Waals surface area contributed by atoms with Crippen LogP contribution in [0, 0.1) is 0 Å². The van der Waals surface area contributed by atoms with Gasteiger partial charge in [0.15, 0.2) is 5.75 Å². The zero-order chi connectivity index (χ0) is 15.4. The van der Waals surface area contributed by atoms with Crippen molar-refractivity contribution >= 4 is 44.8 Å². The van der Waals surface area contributed by atoms with Crippen molar-refractivity contribution in [1.82, 2.24) is 0 Å². The van der Waals surface area contributed by atoms with Crippen molar-refractivity contribution in [3.05, 3.63) is 51.5 Å². The maximum atomic E-state index is 12.4. The standard InChI is InChI=1S/C15H14BrClN2O2/c1-2-21-14-10(4-3-5-13(14)18)15(20)19-9-6-7-11(16)12(17)8-9/h3-8H,2,18H2,1H3,(H,19,20). The van der Waals surface area contributed by atoms with Crippen LogP contribution < -0.4 is 15.8 Å². The number of para-hydroxylation sites is 1. The lowest BCUT2D eigenvalue weighted by Crippen LogP contribution is -2.14. The van der Waals surface area contributed by atoms with Gasteiger partial charge in [0.05, 0.1) is 22.9 Å². The Bertz CT molecular complexity index is 677. The molecule has 0 bridgehead atoms. The first-order valence-electron chi connectivity index (χ1n) is 6.30. The monoisotopic (exact) mass is 368 g/mol. The van der Waals surface area contributed by atoms with Gasteiger partial charge < -0.3 is 15.8 Å². The fourth-order valence-corrected chi connectivity index (χ4v) is 2.24. The van der Waals surface area contributed by atoms with Gasteiger partial charge in [-0.25, -0.2) is 0 Å². The number of ether oxygens (including phenoxy) is 1. The van der Waals surface area contributed by atoms with Gasteiger partial charge in [-0.15, -0.1) is 0 Å². The number of nitrogen functional groups attached to an aromatic ring is 1. The van der Waals surface area contributed by atoms with Gasteiger partial charge in [-0.2, -0.15) is 0 Å². The average molecular weight is 370 g/mol. The first-order valence-corrected chi connectivity index (χ1v) is 7.47. The van der Waals surface area contributed by atoms with E-state index < -0.39 is 0 Å². The van der Waals surface area contributed by atoms with E-state index in [0.717, 1.165) is 4.47 Å². The molecule has 0 fully saturated rings. The second kappa shape index (κ2) is 6.83. The number of carbonyl (C=O) groups excluding carboxylic acids is 1. The number of hydrogen-bond acceptors (Lipinski definition) is 3. The highest BCUT2D eigenvalue weighted by Gasteiger charge is 2.15. The maximum Gasteiger partial charge on any atom is 0.259 e. The fourth-order valence-electron chi connectivity index (χ4n) is 1.81. The van der Waals surface area contributed by atoms with E-state index in [2.05, 4.69) is 21.2 Å². The highest BCUT2D eigenvalue weighted by Crippen LogP contribution is 2.29. The number of anilines is 2. The van der Waals surface area contributed by atoms with Crippen LogP contribution in [0.15, 0.2) is 40.9 Å². The van der Waals surface area contributed by atoms with E-state index in [0.29, 0.717) is 34.3 Å². The van der Waals surface area contributed by atoms with Crippen molar-refractivity contribution < 1.29 is 9.53 Å². The summed E-state index contributed by atoms with van der Waals surface area (Å²) < 4.78 is 6.21. The quantitative estimate of drug-likeness (QED) is 0.788. The summed E-state index contributed by atoms with van der Waals surface area (Å²) in [5, 5.41) is 3.29. The normalized spacial score (nSPS) is 10.2. The third-order valence-electron chi connectivity index (χ3n) is 2.76. The van der Waals surface area contributed by atoms with Gasteiger partial charge in [-0.3, -0.25) is 4.79 Å². The third-order valence-corrected chi connectivity index (χ3v) is 3.99. The van der Waals surface area contributed by atoms with Gasteiger partial charge in [0.2, 0.25) is 0 Å². The first kappa shape index (κ1) is 15.7. The molecule has 0 saturated carbocycles. The molecule has 0 atom stereocenters. The number of hydrogen-bond donors (Lipinski definition) is 2. The van der Waals surface area contributed by atoms with Crippen molar-refractivity contribution in [2.24, 2.45) is 0 Å². The van der Waals surface area contributed by atoms with Gasteiger partial charge in [0.1, 0.15) is 0 Å². The molecule has 1 amide bonds. The molecule has 0 heterocycles. The van der Waals surface area contributed by atoms with Crippen LogP contribution in [0.25, 0.3) is 0 Å². The van der Waals surface area contributed by atoms with Gasteiger partial charge in [0, 0.05) is 10.2 Å². The Morgan fingerprint density at radius 3 is 2.81 bits per heavy atom. The number of carbonyl (C=O) groups is 1. The number of nitrogens with two attached hydrogens (primary N) is 1. The van der Waals surface area contributed by atoms with E-state index in [1.54, 1.807) is 36.4 Å². The Morgan fingerprint density at radius 1 is 1.38 bits per heavy atom. The summed E-state index contributed by atoms with van der Waals surface area (Å²) in [5.41, 5.74) is 7.26. The summed E-state index contributed by atoms with van der Waals surface area (Å²) in [5.74, 6) is 0.0878. The molecule has 21 heavy (non-hydrogen) atoms. The van der Waals surface area contributed by atoms with Gasteiger partial charge >= 0.3 is 0 Å². The molecule has 2 aromatic rings. The minimum Gasteiger partial charge on any atom is -0.491 e. The maximum absolute atomic E-state index is 12.4. The summed E-state index contributed by atoms with van der Waals surface area (Å²) in [6, 6.07) is 10.2. The molecule has 3 N–H and O–H groups in total. The molecule has 2 rings (SSSR count). The van der Waals surface area contributed by atoms with Crippen LogP contribution in [-0.4, -0.2) is 12.5 Å². The zero-order valence-electron chi connectivity index (χ0n) is 11.3. The number of benzene rings is 2. The Hall–Kier alpha value is -1.72. The van der Waals surface area contributed by atoms with Crippen LogP contribution in [0.5, 0.6) is 5.75 Å². The molecule has 6 heteroatoms. The molecule has 0 radical (unpaired) electrons. The lowest BCUT2D eigenvalue weighted by atomic mass is 10.1. The van der Waals surface area contributed by atoms with Crippen LogP contribution >= 0.6 is 27.5 Å². The Morgan fingerprint density at radius 2 is 2.14 bits per heavy atom. The van der Waals surface area contributed by atoms with Crippen molar-refractivity contribution in [2.45, 2.75) is 6.92 Å². The van der Waals surface area contributed by atoms with E-state index in [-0.39, 0.29) is 5.91 Å². The summed E-state index contributed by atoms with van der Waals surface area (Å²) in [6.07, 6.45) is 0. The van der Waals surface area contributed by atoms with E-state index in [9.17, 15) is 4.79 Å². The van der Waals surface area contributed by atoms with E-state index in [1.165, 1.54) is 0 Å². The third kappa shape index (κ3) is 3.68. The largest absolute Gasteiger partial charge is 0.491 e. The number of nitrogens with one attached hydrogen (secondary N) is 1. The van der Waals surface area contributed by atoms with Gasteiger partial charge in [-0.1, -0.05) is 17.7 Å². The fraction of sp³-hybridized carbons (Fsp3) is 0.133. The topological polar surface area (TPSA) is 64.3 Å². The summed E-state index contributed by atoms with van der Waals surface area (Å²) >= 11 is 9.31. The predicted molar refractivity (Wildman–Crippen MR) is 89.1 cm³/mol. The summed E-state index contributed by atoms with van der Waals surface area (Å²) in [6.45, 7) is 2.27. The molecule has 0 unspecified atom stereocenters. The molecule has 0 aliphatic carbocycles. The van der Waals surface area contributed by atoms with Crippen molar-refractivity contribution in [1.29, 1.82) is 0 Å².